The lowest BCUT2D eigenvalue weighted by molar-refractivity contribution is 0.174. The van der Waals surface area contributed by atoms with Crippen molar-refractivity contribution in [1.29, 1.82) is 0 Å². The lowest BCUT2D eigenvalue weighted by Crippen LogP contribution is -2.32. The van der Waals surface area contributed by atoms with Gasteiger partial charge in [-0.25, -0.2) is 0 Å². The summed E-state index contributed by atoms with van der Waals surface area (Å²) >= 11 is 0. The first-order valence-corrected chi connectivity index (χ1v) is 6.48. The minimum Gasteiger partial charge on any atom is -0.454 e. The number of ether oxygens (including phenoxy) is 2. The number of hydrogen-bond donors (Lipinski definition) is 1. The average Bonchev–Trinajstić information content (AvgIpc) is 3.07. The van der Waals surface area contributed by atoms with Gasteiger partial charge in [0, 0.05) is 6.04 Å². The van der Waals surface area contributed by atoms with Gasteiger partial charge in [0.15, 0.2) is 11.5 Å². The summed E-state index contributed by atoms with van der Waals surface area (Å²) in [7, 11) is 0. The third kappa shape index (κ3) is 2.39. The molecule has 0 saturated heterocycles. The van der Waals surface area contributed by atoms with Crippen LogP contribution in [-0.4, -0.2) is 19.4 Å². The Balaban J connectivity index is 1.70. The van der Waals surface area contributed by atoms with Gasteiger partial charge in [0.2, 0.25) is 6.79 Å². The highest BCUT2D eigenvalue weighted by Crippen LogP contribution is 2.36. The van der Waals surface area contributed by atoms with Crippen molar-refractivity contribution in [3.63, 3.8) is 0 Å². The zero-order chi connectivity index (χ0) is 11.7. The summed E-state index contributed by atoms with van der Waals surface area (Å²) in [6.45, 7) is 3.58. The van der Waals surface area contributed by atoms with Crippen LogP contribution in [0.1, 0.15) is 25.3 Å². The molecular weight excluding hydrogens is 214 g/mol. The number of nitrogens with one attached hydrogen (secondary N) is 1. The molecule has 0 radical (unpaired) electrons. The molecule has 1 aromatic carbocycles. The van der Waals surface area contributed by atoms with E-state index in [-0.39, 0.29) is 0 Å². The first-order chi connectivity index (χ1) is 8.36. The van der Waals surface area contributed by atoms with Gasteiger partial charge in [0.05, 0.1) is 0 Å². The minimum absolute atomic E-state index is 0.359. The standard InChI is InChI=1S/C14H19NO2/c1-2-15-12(11-4-5-11)7-10-3-6-13-14(8-10)17-9-16-13/h3,6,8,11-12,15H,2,4-5,7,9H2,1H3. The largest absolute Gasteiger partial charge is 0.454 e. The average molecular weight is 233 g/mol. The van der Waals surface area contributed by atoms with E-state index < -0.39 is 0 Å². The molecule has 0 aromatic heterocycles. The van der Waals surface area contributed by atoms with Crippen molar-refractivity contribution in [1.82, 2.24) is 5.32 Å². The van der Waals surface area contributed by atoms with Crippen LogP contribution in [0.3, 0.4) is 0 Å². The molecule has 1 heterocycles. The normalized spacial score (nSPS) is 19.4. The number of likely N-dealkylation sites (N-methyl/N-ethyl adjacent to an activating group) is 1. The van der Waals surface area contributed by atoms with E-state index in [4.69, 9.17) is 9.47 Å². The van der Waals surface area contributed by atoms with Crippen molar-refractivity contribution < 1.29 is 9.47 Å². The van der Waals surface area contributed by atoms with Crippen molar-refractivity contribution in [2.45, 2.75) is 32.2 Å². The van der Waals surface area contributed by atoms with E-state index in [2.05, 4.69) is 24.4 Å². The van der Waals surface area contributed by atoms with E-state index in [9.17, 15) is 0 Å². The maximum atomic E-state index is 5.41. The van der Waals surface area contributed by atoms with Gasteiger partial charge >= 0.3 is 0 Å². The van der Waals surface area contributed by atoms with Crippen LogP contribution in [0, 0.1) is 5.92 Å². The van der Waals surface area contributed by atoms with Crippen LogP contribution >= 0.6 is 0 Å². The van der Waals surface area contributed by atoms with Crippen molar-refractivity contribution in [3.8, 4) is 11.5 Å². The Morgan fingerprint density at radius 1 is 1.29 bits per heavy atom. The summed E-state index contributed by atoms with van der Waals surface area (Å²) in [6, 6.07) is 6.92. The van der Waals surface area contributed by atoms with E-state index in [0.29, 0.717) is 12.8 Å². The maximum absolute atomic E-state index is 5.41. The van der Waals surface area contributed by atoms with Crippen LogP contribution in [0.2, 0.25) is 0 Å². The van der Waals surface area contributed by atoms with Crippen molar-refractivity contribution in [2.75, 3.05) is 13.3 Å². The minimum atomic E-state index is 0.359. The Labute approximate surface area is 102 Å². The molecule has 1 N–H and O–H groups in total. The van der Waals surface area contributed by atoms with E-state index >= 15 is 0 Å². The third-order valence-corrected chi connectivity index (χ3v) is 3.55. The van der Waals surface area contributed by atoms with E-state index in [0.717, 1.165) is 30.4 Å². The van der Waals surface area contributed by atoms with Crippen molar-refractivity contribution in [3.05, 3.63) is 23.8 Å². The number of benzene rings is 1. The number of rotatable bonds is 5. The molecule has 1 atom stereocenters. The van der Waals surface area contributed by atoms with Crippen LogP contribution < -0.4 is 14.8 Å². The zero-order valence-electron chi connectivity index (χ0n) is 10.2. The molecule has 1 saturated carbocycles. The summed E-state index contributed by atoms with van der Waals surface area (Å²) in [5.74, 6) is 2.65. The molecule has 1 unspecified atom stereocenters. The Morgan fingerprint density at radius 3 is 2.88 bits per heavy atom. The third-order valence-electron chi connectivity index (χ3n) is 3.55. The fourth-order valence-corrected chi connectivity index (χ4v) is 2.49. The second-order valence-electron chi connectivity index (χ2n) is 4.89. The molecule has 1 aromatic rings. The molecular formula is C14H19NO2. The second kappa shape index (κ2) is 4.57. The van der Waals surface area contributed by atoms with Gasteiger partial charge in [0.1, 0.15) is 0 Å². The Bertz CT molecular complexity index is 401. The van der Waals surface area contributed by atoms with E-state index in [1.807, 2.05) is 6.07 Å². The summed E-state index contributed by atoms with van der Waals surface area (Å²) < 4.78 is 10.7. The molecule has 92 valence electrons. The second-order valence-corrected chi connectivity index (χ2v) is 4.89. The Morgan fingerprint density at radius 2 is 2.12 bits per heavy atom. The fraction of sp³-hybridized carbons (Fsp3) is 0.571. The Kier molecular flexibility index (Phi) is 2.93. The molecule has 1 aliphatic heterocycles. The van der Waals surface area contributed by atoms with E-state index in [1.54, 1.807) is 0 Å². The van der Waals surface area contributed by atoms with Crippen LogP contribution in [0.5, 0.6) is 11.5 Å². The summed E-state index contributed by atoms with van der Waals surface area (Å²) in [5, 5.41) is 3.59. The summed E-state index contributed by atoms with van der Waals surface area (Å²) in [4.78, 5) is 0. The first-order valence-electron chi connectivity index (χ1n) is 6.48. The molecule has 1 aliphatic carbocycles. The predicted molar refractivity (Wildman–Crippen MR) is 66.5 cm³/mol. The first kappa shape index (κ1) is 10.9. The van der Waals surface area contributed by atoms with Crippen LogP contribution in [0.25, 0.3) is 0 Å². The SMILES string of the molecule is CCNC(Cc1ccc2c(c1)OCO2)C1CC1. The number of fused-ring (bicyclic) bond motifs is 1. The highest BCUT2D eigenvalue weighted by atomic mass is 16.7. The highest BCUT2D eigenvalue weighted by molar-refractivity contribution is 5.44. The lowest BCUT2D eigenvalue weighted by atomic mass is 10.0. The highest BCUT2D eigenvalue weighted by Gasteiger charge is 2.30. The molecule has 17 heavy (non-hydrogen) atoms. The van der Waals surface area contributed by atoms with Crippen molar-refractivity contribution >= 4 is 0 Å². The van der Waals surface area contributed by atoms with Crippen molar-refractivity contribution in [2.24, 2.45) is 5.92 Å². The molecule has 0 amide bonds. The number of hydrogen-bond acceptors (Lipinski definition) is 3. The molecule has 1 fully saturated rings. The van der Waals surface area contributed by atoms with Gasteiger partial charge in [-0.3, -0.25) is 0 Å². The quantitative estimate of drug-likeness (QED) is 0.846. The molecule has 3 nitrogen and oxygen atoms in total. The van der Waals surface area contributed by atoms with Gasteiger partial charge in [-0.2, -0.15) is 0 Å². The monoisotopic (exact) mass is 233 g/mol. The van der Waals surface area contributed by atoms with Gasteiger partial charge < -0.3 is 14.8 Å². The fourth-order valence-electron chi connectivity index (χ4n) is 2.49. The lowest BCUT2D eigenvalue weighted by Gasteiger charge is -2.17. The maximum Gasteiger partial charge on any atom is 0.231 e. The van der Waals surface area contributed by atoms with Crippen LogP contribution in [0.4, 0.5) is 0 Å². The molecule has 2 aliphatic rings. The molecule has 0 spiro atoms. The van der Waals surface area contributed by atoms with Crippen LogP contribution in [0.15, 0.2) is 18.2 Å². The zero-order valence-corrected chi connectivity index (χ0v) is 10.2. The van der Waals surface area contributed by atoms with Crippen LogP contribution in [-0.2, 0) is 6.42 Å². The topological polar surface area (TPSA) is 30.5 Å². The van der Waals surface area contributed by atoms with E-state index in [1.165, 1.54) is 18.4 Å². The smallest absolute Gasteiger partial charge is 0.231 e. The summed E-state index contributed by atoms with van der Waals surface area (Å²) in [6.07, 6.45) is 3.85. The molecule has 0 bridgehead atoms. The van der Waals surface area contributed by atoms with Gasteiger partial charge in [-0.1, -0.05) is 13.0 Å². The predicted octanol–water partition coefficient (Wildman–Crippen LogP) is 2.35. The summed E-state index contributed by atoms with van der Waals surface area (Å²) in [5.41, 5.74) is 1.34. The molecule has 3 rings (SSSR count). The van der Waals surface area contributed by atoms with Gasteiger partial charge in [-0.05, 0) is 49.4 Å². The Hall–Kier alpha value is -1.22. The molecule has 3 heteroatoms. The van der Waals surface area contributed by atoms with Gasteiger partial charge in [0.25, 0.3) is 0 Å². The van der Waals surface area contributed by atoms with Gasteiger partial charge in [-0.15, -0.1) is 0 Å².